The first-order chi connectivity index (χ1) is 64.7. The molecule has 0 N–H and O–H groups in total. The van der Waals surface area contributed by atoms with Crippen molar-refractivity contribution >= 4 is 88.0 Å². The minimum absolute atomic E-state index is 0.0829. The molecule has 0 bridgehead atoms. The third-order valence-electron chi connectivity index (χ3n) is 30.8. The standard InChI is InChI=1S/3C31H31N2O.C30H30N3O/c1-17(2)24-16-33(7)25(15-19(24)4)26-18(3)10-11-21-22-13-12-20-23-9-8-14-32-30(23)31(5,6)27(20)29(22)34-28(21)26;1-17(2)24-16-33(7)26(13-19(24)4)28-18(3)10-11-20-23-14-25-22(15-27(23)34-29(20)28)21-9-8-12-32-30(21)31(25,5)6;1-17(2)23-16-33(7)26(14-19(23)4)27-18(3)12-13-20-22-15-25-28(32-30(22)34-29(20)27)21-10-8-9-11-24(21)31(25,5)6;1-16(2)23-15-33(7)24(13-18(23)4)25-17(3)10-11-19-22-14-21-20-9-8-12-31-27(20)30(5,6)28(21)32-29(22)34-26(19)25/h3*8-17H,1-7H3;8-16H,1-7H3/q4*+1. The molecule has 13 heterocycles. The maximum atomic E-state index is 6.86. The molecule has 0 spiro atoms. The average molecular weight is 1790 g/mol. The van der Waals surface area contributed by atoms with Crippen LogP contribution in [0.15, 0.2) is 231 Å². The first kappa shape index (κ1) is 88.7. The third kappa shape index (κ3) is 13.5. The van der Waals surface area contributed by atoms with E-state index in [1.807, 2.05) is 36.8 Å². The molecule has 0 saturated heterocycles. The van der Waals surface area contributed by atoms with Gasteiger partial charge in [-0.05, 0) is 228 Å². The Morgan fingerprint density at radius 1 is 0.265 bits per heavy atom. The van der Waals surface area contributed by atoms with Crippen molar-refractivity contribution in [1.29, 1.82) is 0 Å². The molecule has 136 heavy (non-hydrogen) atoms. The van der Waals surface area contributed by atoms with E-state index in [1.54, 1.807) is 0 Å². The van der Waals surface area contributed by atoms with Gasteiger partial charge < -0.3 is 17.7 Å². The molecule has 0 amide bonds. The van der Waals surface area contributed by atoms with Crippen LogP contribution in [0.3, 0.4) is 0 Å². The predicted molar refractivity (Wildman–Crippen MR) is 555 cm³/mol. The second-order valence-electron chi connectivity index (χ2n) is 42.7. The van der Waals surface area contributed by atoms with Gasteiger partial charge in [0.1, 0.15) is 50.5 Å². The molecule has 680 valence electrons. The molecule has 4 aliphatic rings. The van der Waals surface area contributed by atoms with Gasteiger partial charge in [0.25, 0.3) is 0 Å². The number of pyridine rings is 9. The normalized spacial score (nSPS) is 14.2. The van der Waals surface area contributed by atoms with E-state index in [2.05, 4.69) is 389 Å². The zero-order valence-electron chi connectivity index (χ0n) is 84.2. The van der Waals surface area contributed by atoms with E-state index < -0.39 is 0 Å². The van der Waals surface area contributed by atoms with Crippen LogP contribution in [0.2, 0.25) is 0 Å². The summed E-state index contributed by atoms with van der Waals surface area (Å²) in [5, 5.41) is 9.07. The minimum Gasteiger partial charge on any atom is -0.455 e. The predicted octanol–water partition coefficient (Wildman–Crippen LogP) is 29.5. The SMILES string of the molecule is Cc1cc(-c2c(C)ccc3c2oc2c4c(ccc23)-c2cccnc2C4(C)C)[n+](C)cc1C(C)C.Cc1cc(-c2c(C)ccc3c2oc2cc4c(cc23)C(C)(C)c2ncccc2-4)[n+](C)cc1C(C)C.Cc1cc(-c2c(C)ccc3c2oc2nc4c(cc23)-c2cccnc2C4(C)C)[n+](C)cc1C(C)C.Cc1cc(-c2c(C)ccc3c2oc2nc4c(cc23)C(C)(C)c2ccccc2-4)[n+](C)cc1C(C)C. The van der Waals surface area contributed by atoms with Gasteiger partial charge in [0.05, 0.1) is 56.1 Å². The van der Waals surface area contributed by atoms with Crippen LogP contribution < -0.4 is 18.3 Å². The molecule has 0 fully saturated rings. The van der Waals surface area contributed by atoms with E-state index in [9.17, 15) is 0 Å². The first-order valence-electron chi connectivity index (χ1n) is 48.5. The topological polar surface area (TPSA) is 133 Å². The number of aryl methyl sites for hydroxylation is 12. The number of furan rings is 4. The van der Waals surface area contributed by atoms with Crippen LogP contribution in [0.5, 0.6) is 0 Å². The van der Waals surface area contributed by atoms with Crippen molar-refractivity contribution in [2.24, 2.45) is 28.2 Å². The molecular formula is C123H123N9O4+4. The number of aromatic nitrogens is 9. The van der Waals surface area contributed by atoms with Crippen molar-refractivity contribution in [1.82, 2.24) is 24.9 Å². The largest absolute Gasteiger partial charge is 0.455 e. The summed E-state index contributed by atoms with van der Waals surface area (Å²) in [5.41, 5.74) is 50.4. The molecular weight excluding hydrogens is 1670 g/mol. The van der Waals surface area contributed by atoms with Crippen LogP contribution in [0.4, 0.5) is 0 Å². The van der Waals surface area contributed by atoms with E-state index in [0.29, 0.717) is 35.1 Å². The monoisotopic (exact) mass is 1790 g/mol. The lowest BCUT2D eigenvalue weighted by atomic mass is 9.82. The summed E-state index contributed by atoms with van der Waals surface area (Å²) >= 11 is 0. The molecule has 0 saturated carbocycles. The maximum Gasteiger partial charge on any atom is 0.227 e. The molecule has 0 radical (unpaired) electrons. The highest BCUT2D eigenvalue weighted by Crippen LogP contribution is 2.57. The zero-order valence-corrected chi connectivity index (χ0v) is 84.2. The van der Waals surface area contributed by atoms with Crippen molar-refractivity contribution in [3.05, 3.63) is 325 Å². The van der Waals surface area contributed by atoms with Gasteiger partial charge >= 0.3 is 0 Å². The quantitative estimate of drug-likeness (QED) is 0.136. The molecule has 7 aromatic carbocycles. The highest BCUT2D eigenvalue weighted by Gasteiger charge is 2.44. The molecule has 20 aromatic rings. The minimum atomic E-state index is -0.256. The Bertz CT molecular complexity index is 8140. The van der Waals surface area contributed by atoms with Gasteiger partial charge in [-0.1, -0.05) is 180 Å². The fraction of sp³-hybridized carbons (Fsp3) is 0.293. The van der Waals surface area contributed by atoms with Crippen LogP contribution in [-0.4, -0.2) is 24.9 Å². The Morgan fingerprint density at radius 3 is 1.09 bits per heavy atom. The first-order valence-corrected chi connectivity index (χ1v) is 48.5. The second kappa shape index (κ2) is 31.9. The lowest BCUT2D eigenvalue weighted by molar-refractivity contribution is -0.661. The molecule has 13 nitrogen and oxygen atoms in total. The fourth-order valence-corrected chi connectivity index (χ4v) is 23.5. The molecule has 0 atom stereocenters. The van der Waals surface area contributed by atoms with Crippen LogP contribution >= 0.6 is 0 Å². The van der Waals surface area contributed by atoms with Crippen molar-refractivity contribution in [3.63, 3.8) is 0 Å². The summed E-state index contributed by atoms with van der Waals surface area (Å²) < 4.78 is 35.6. The van der Waals surface area contributed by atoms with Crippen molar-refractivity contribution < 1.29 is 35.9 Å². The average Bonchev–Trinajstić information content (AvgIpc) is 1.55. The number of hydrogen-bond donors (Lipinski definition) is 0. The Morgan fingerprint density at radius 2 is 0.625 bits per heavy atom. The molecule has 13 heteroatoms. The number of nitrogens with zero attached hydrogens (tertiary/aromatic N) is 9. The lowest BCUT2D eigenvalue weighted by Crippen LogP contribution is -2.32. The summed E-state index contributed by atoms with van der Waals surface area (Å²) in [6, 6.07) is 61.7. The molecule has 0 unspecified atom stereocenters. The van der Waals surface area contributed by atoms with E-state index in [-0.39, 0.29) is 21.7 Å². The van der Waals surface area contributed by atoms with E-state index in [1.165, 1.54) is 172 Å². The second-order valence-corrected chi connectivity index (χ2v) is 42.7. The van der Waals surface area contributed by atoms with Gasteiger partial charge in [0.15, 0.2) is 36.0 Å². The van der Waals surface area contributed by atoms with Crippen molar-refractivity contribution in [2.75, 3.05) is 0 Å². The maximum absolute atomic E-state index is 6.86. The molecule has 4 aliphatic carbocycles. The Labute approximate surface area is 798 Å². The van der Waals surface area contributed by atoms with E-state index in [0.717, 1.165) is 106 Å². The van der Waals surface area contributed by atoms with Gasteiger partial charge in [-0.15, -0.1) is 0 Å². The number of fused-ring (bicyclic) bond motifs is 25. The van der Waals surface area contributed by atoms with Crippen LogP contribution in [0.1, 0.15) is 246 Å². The summed E-state index contributed by atoms with van der Waals surface area (Å²) in [6.07, 6.45) is 14.7. The van der Waals surface area contributed by atoms with Gasteiger partial charge in [-0.25, -0.2) is 28.2 Å². The summed E-state index contributed by atoms with van der Waals surface area (Å²) in [7, 11) is 8.54. The lowest BCUT2D eigenvalue weighted by Gasteiger charge is -2.20. The smallest absolute Gasteiger partial charge is 0.227 e. The Kier molecular flexibility index (Phi) is 20.8. The number of benzene rings is 7. The van der Waals surface area contributed by atoms with Crippen molar-refractivity contribution in [3.8, 4) is 89.7 Å². The van der Waals surface area contributed by atoms with E-state index >= 15 is 0 Å². The molecule has 24 rings (SSSR count). The van der Waals surface area contributed by atoms with E-state index in [4.69, 9.17) is 42.6 Å². The van der Waals surface area contributed by atoms with Crippen LogP contribution in [0, 0.1) is 55.4 Å². The summed E-state index contributed by atoms with van der Waals surface area (Å²) in [6.45, 7) is 53.6. The van der Waals surface area contributed by atoms with Gasteiger partial charge in [-0.3, -0.25) is 15.0 Å². The Hall–Kier alpha value is -13.9. The van der Waals surface area contributed by atoms with Gasteiger partial charge in [0, 0.05) is 158 Å². The zero-order chi connectivity index (χ0) is 95.8. The van der Waals surface area contributed by atoms with Crippen LogP contribution in [-0.2, 0) is 49.9 Å². The number of hydrogen-bond acceptors (Lipinski definition) is 9. The fourth-order valence-electron chi connectivity index (χ4n) is 23.5. The molecule has 0 aliphatic heterocycles. The summed E-state index contributed by atoms with van der Waals surface area (Å²) in [4.78, 5) is 24.4. The summed E-state index contributed by atoms with van der Waals surface area (Å²) in [5.74, 6) is 1.95. The molecule has 13 aromatic heterocycles. The highest BCUT2D eigenvalue weighted by molar-refractivity contribution is 6.15. The van der Waals surface area contributed by atoms with Crippen LogP contribution in [0.25, 0.3) is 178 Å². The number of rotatable bonds is 8. The van der Waals surface area contributed by atoms with Gasteiger partial charge in [0.2, 0.25) is 34.2 Å². The van der Waals surface area contributed by atoms with Gasteiger partial charge in [-0.2, -0.15) is 0 Å². The third-order valence-corrected chi connectivity index (χ3v) is 30.8. The highest BCUT2D eigenvalue weighted by atomic mass is 16.3. The Balaban J connectivity index is 0.000000108. The van der Waals surface area contributed by atoms with Crippen molar-refractivity contribution in [2.45, 2.75) is 212 Å².